The highest BCUT2D eigenvalue weighted by Crippen LogP contribution is 2.36. The molecule has 184 valence electrons. The summed E-state index contributed by atoms with van der Waals surface area (Å²) in [4.78, 5) is 33.8. The van der Waals surface area contributed by atoms with Crippen LogP contribution >= 0.6 is 0 Å². The molecule has 1 atom stereocenters. The number of aromatic carboxylic acids is 1. The molecule has 3 heterocycles. The molecule has 0 bridgehead atoms. The van der Waals surface area contributed by atoms with Crippen LogP contribution in [0, 0.1) is 0 Å². The van der Waals surface area contributed by atoms with Gasteiger partial charge in [0.05, 0.1) is 22.8 Å². The average molecular weight is 491 g/mol. The van der Waals surface area contributed by atoms with Crippen molar-refractivity contribution in [1.82, 2.24) is 19.8 Å². The van der Waals surface area contributed by atoms with Gasteiger partial charge in [-0.05, 0) is 42.0 Å². The molecule has 7 nitrogen and oxygen atoms in total. The number of hydrogen-bond acceptors (Lipinski definition) is 5. The summed E-state index contributed by atoms with van der Waals surface area (Å²) in [5.41, 5.74) is 2.80. The fourth-order valence-electron chi connectivity index (χ4n) is 5.43. The lowest BCUT2D eigenvalue weighted by Gasteiger charge is -2.37. The first-order valence-electron chi connectivity index (χ1n) is 12.4. The number of carboxylic acid groups (broad SMARTS) is 1. The van der Waals surface area contributed by atoms with Crippen molar-refractivity contribution >= 4 is 27.6 Å². The van der Waals surface area contributed by atoms with Gasteiger partial charge in [0.2, 0.25) is 0 Å². The Morgan fingerprint density at radius 2 is 1.62 bits per heavy atom. The van der Waals surface area contributed by atoms with E-state index < -0.39 is 12.0 Å². The fourth-order valence-corrected chi connectivity index (χ4v) is 5.43. The van der Waals surface area contributed by atoms with Crippen molar-refractivity contribution < 1.29 is 9.90 Å². The number of fused-ring (bicyclic) bond motifs is 2. The van der Waals surface area contributed by atoms with E-state index in [1.165, 1.54) is 0 Å². The largest absolute Gasteiger partial charge is 0.478 e. The standard InChI is InChI=1S/C30H26N4O3/c35-29-24-11-5-4-10-23(24)26(30(36)37)28(34(29)22-8-2-1-3-9-22)27(33-17-15-31-16-18-33)21-12-13-25-20(19-21)7-6-14-32-25/h1-14,19,27,31H,15-18H2,(H,36,37). The lowest BCUT2D eigenvalue weighted by Crippen LogP contribution is -2.47. The molecule has 0 radical (unpaired) electrons. The molecule has 2 N–H and O–H groups in total. The van der Waals surface area contributed by atoms with Gasteiger partial charge in [-0.25, -0.2) is 4.79 Å². The van der Waals surface area contributed by atoms with E-state index in [1.54, 1.807) is 35.0 Å². The summed E-state index contributed by atoms with van der Waals surface area (Å²) >= 11 is 0. The number of carbonyl (C=O) groups is 1. The first kappa shape index (κ1) is 23.1. The van der Waals surface area contributed by atoms with Gasteiger partial charge in [0.1, 0.15) is 0 Å². The number of benzene rings is 3. The number of rotatable bonds is 5. The molecule has 6 rings (SSSR count). The van der Waals surface area contributed by atoms with Gasteiger partial charge in [0.15, 0.2) is 0 Å². The number of aromatic nitrogens is 2. The Kier molecular flexibility index (Phi) is 6.00. The molecule has 0 spiro atoms. The van der Waals surface area contributed by atoms with Crippen LogP contribution in [0.4, 0.5) is 0 Å². The van der Waals surface area contributed by atoms with Crippen LogP contribution in [-0.4, -0.2) is 51.7 Å². The molecule has 7 heteroatoms. The highest BCUT2D eigenvalue weighted by molar-refractivity contribution is 6.05. The highest BCUT2D eigenvalue weighted by atomic mass is 16.4. The van der Waals surface area contributed by atoms with Crippen molar-refractivity contribution in [3.05, 3.63) is 118 Å². The number of carboxylic acids is 1. The van der Waals surface area contributed by atoms with E-state index in [0.717, 1.165) is 29.6 Å². The van der Waals surface area contributed by atoms with E-state index in [0.29, 0.717) is 35.2 Å². The molecule has 3 aromatic carbocycles. The van der Waals surface area contributed by atoms with Gasteiger partial charge in [-0.15, -0.1) is 0 Å². The number of para-hydroxylation sites is 1. The van der Waals surface area contributed by atoms with Gasteiger partial charge in [0.25, 0.3) is 5.56 Å². The van der Waals surface area contributed by atoms with Crippen molar-refractivity contribution in [3.8, 4) is 5.69 Å². The summed E-state index contributed by atoms with van der Waals surface area (Å²) in [6, 6.07) is 25.8. The van der Waals surface area contributed by atoms with Gasteiger partial charge in [-0.3, -0.25) is 19.2 Å². The van der Waals surface area contributed by atoms with E-state index >= 15 is 0 Å². The Morgan fingerprint density at radius 1 is 0.892 bits per heavy atom. The second kappa shape index (κ2) is 9.61. The van der Waals surface area contributed by atoms with Crippen molar-refractivity contribution in [2.24, 2.45) is 0 Å². The Morgan fingerprint density at radius 3 is 2.38 bits per heavy atom. The molecule has 37 heavy (non-hydrogen) atoms. The van der Waals surface area contributed by atoms with E-state index in [1.807, 2.05) is 54.6 Å². The maximum atomic E-state index is 14.1. The maximum absolute atomic E-state index is 14.1. The number of hydrogen-bond donors (Lipinski definition) is 2. The van der Waals surface area contributed by atoms with Crippen LogP contribution in [0.15, 0.2) is 95.9 Å². The Labute approximate surface area is 213 Å². The Bertz CT molecular complexity index is 1670. The number of pyridine rings is 2. The van der Waals surface area contributed by atoms with E-state index in [4.69, 9.17) is 0 Å². The summed E-state index contributed by atoms with van der Waals surface area (Å²) in [5.74, 6) is -1.06. The van der Waals surface area contributed by atoms with E-state index in [2.05, 4.69) is 21.3 Å². The average Bonchev–Trinajstić information content (AvgIpc) is 2.94. The second-order valence-corrected chi connectivity index (χ2v) is 9.23. The van der Waals surface area contributed by atoms with Crippen LogP contribution in [-0.2, 0) is 0 Å². The molecule has 0 aliphatic carbocycles. The predicted octanol–water partition coefficient (Wildman–Crippen LogP) is 4.23. The molecule has 5 aromatic rings. The minimum atomic E-state index is -1.06. The third-order valence-electron chi connectivity index (χ3n) is 7.07. The Balaban J connectivity index is 1.75. The fraction of sp³-hybridized carbons (Fsp3) is 0.167. The summed E-state index contributed by atoms with van der Waals surface area (Å²) in [7, 11) is 0. The SMILES string of the molecule is O=C(O)c1c(C(c2ccc3ncccc3c2)N2CCNCC2)n(-c2ccccc2)c(=O)c2ccccc12. The molecule has 1 aliphatic rings. The van der Waals surface area contributed by atoms with Crippen LogP contribution in [0.25, 0.3) is 27.4 Å². The smallest absolute Gasteiger partial charge is 0.338 e. The summed E-state index contributed by atoms with van der Waals surface area (Å²) in [6.45, 7) is 2.98. The van der Waals surface area contributed by atoms with Crippen molar-refractivity contribution in [1.29, 1.82) is 0 Å². The van der Waals surface area contributed by atoms with Crippen LogP contribution in [0.2, 0.25) is 0 Å². The molecule has 1 unspecified atom stereocenters. The zero-order valence-electron chi connectivity index (χ0n) is 20.2. The predicted molar refractivity (Wildman–Crippen MR) is 145 cm³/mol. The normalized spacial score (nSPS) is 15.1. The minimum absolute atomic E-state index is 0.147. The molecule has 0 saturated carbocycles. The second-order valence-electron chi connectivity index (χ2n) is 9.23. The molecule has 1 fully saturated rings. The van der Waals surface area contributed by atoms with Crippen LogP contribution in [0.3, 0.4) is 0 Å². The monoisotopic (exact) mass is 490 g/mol. The van der Waals surface area contributed by atoms with Crippen LogP contribution in [0.1, 0.15) is 27.7 Å². The highest BCUT2D eigenvalue weighted by Gasteiger charge is 2.33. The van der Waals surface area contributed by atoms with Gasteiger partial charge < -0.3 is 10.4 Å². The third kappa shape index (κ3) is 4.08. The molecule has 1 saturated heterocycles. The first-order chi connectivity index (χ1) is 18.1. The summed E-state index contributed by atoms with van der Waals surface area (Å²) < 4.78 is 1.60. The van der Waals surface area contributed by atoms with Gasteiger partial charge in [-0.2, -0.15) is 0 Å². The zero-order chi connectivity index (χ0) is 25.4. The zero-order valence-corrected chi connectivity index (χ0v) is 20.2. The van der Waals surface area contributed by atoms with Gasteiger partial charge >= 0.3 is 5.97 Å². The molecular weight excluding hydrogens is 464 g/mol. The van der Waals surface area contributed by atoms with Crippen molar-refractivity contribution in [2.75, 3.05) is 26.2 Å². The van der Waals surface area contributed by atoms with Crippen LogP contribution < -0.4 is 10.9 Å². The van der Waals surface area contributed by atoms with Gasteiger partial charge in [-0.1, -0.05) is 48.5 Å². The lowest BCUT2D eigenvalue weighted by molar-refractivity contribution is 0.0693. The molecular formula is C30H26N4O3. The van der Waals surface area contributed by atoms with E-state index in [9.17, 15) is 14.7 Å². The maximum Gasteiger partial charge on any atom is 0.338 e. The number of nitrogens with zero attached hydrogens (tertiary/aromatic N) is 3. The topological polar surface area (TPSA) is 87.5 Å². The van der Waals surface area contributed by atoms with Crippen LogP contribution in [0.5, 0.6) is 0 Å². The van der Waals surface area contributed by atoms with Crippen molar-refractivity contribution in [2.45, 2.75) is 6.04 Å². The summed E-state index contributed by atoms with van der Waals surface area (Å²) in [5, 5.41) is 15.8. The lowest BCUT2D eigenvalue weighted by atomic mass is 9.92. The number of piperazine rings is 1. The van der Waals surface area contributed by atoms with Crippen molar-refractivity contribution in [3.63, 3.8) is 0 Å². The quantitative estimate of drug-likeness (QED) is 0.383. The minimum Gasteiger partial charge on any atom is -0.478 e. The Hall–Kier alpha value is -4.33. The van der Waals surface area contributed by atoms with E-state index in [-0.39, 0.29) is 11.1 Å². The molecule has 0 amide bonds. The number of nitrogens with one attached hydrogen (secondary N) is 1. The first-order valence-corrected chi connectivity index (χ1v) is 12.4. The summed E-state index contributed by atoms with van der Waals surface area (Å²) in [6.07, 6.45) is 1.76. The van der Waals surface area contributed by atoms with Gasteiger partial charge in [0, 0.05) is 54.2 Å². The molecule has 1 aliphatic heterocycles. The third-order valence-corrected chi connectivity index (χ3v) is 7.07. The molecule has 2 aromatic heterocycles.